The molecule has 1 heterocycles. The third-order valence-electron chi connectivity index (χ3n) is 2.28. The van der Waals surface area contributed by atoms with Crippen LogP contribution in [0.25, 0.3) is 0 Å². The average molecular weight is 279 g/mol. The van der Waals surface area contributed by atoms with Gasteiger partial charge >= 0.3 is 0 Å². The van der Waals surface area contributed by atoms with E-state index in [0.717, 1.165) is 15.6 Å². The monoisotopic (exact) mass is 278 g/mol. The number of aryl methyl sites for hydroxylation is 1. The Bertz CT molecular complexity index is 563. The number of benzene rings is 1. The van der Waals surface area contributed by atoms with Gasteiger partial charge in [0.15, 0.2) is 0 Å². The molecule has 1 aromatic carbocycles. The van der Waals surface area contributed by atoms with Crippen molar-refractivity contribution in [3.63, 3.8) is 0 Å². The molecule has 0 N–H and O–H groups in total. The average Bonchev–Trinajstić information content (AvgIpc) is 2.25. The van der Waals surface area contributed by atoms with Gasteiger partial charge in [0.2, 0.25) is 0 Å². The van der Waals surface area contributed by atoms with Crippen LogP contribution in [0.1, 0.15) is 11.1 Å². The summed E-state index contributed by atoms with van der Waals surface area (Å²) in [5.41, 5.74) is 1.85. The largest absolute Gasteiger partial charge is 0.268 e. The Labute approximate surface area is 102 Å². The second-order valence-electron chi connectivity index (χ2n) is 3.62. The summed E-state index contributed by atoms with van der Waals surface area (Å²) in [6, 6.07) is 9.40. The Morgan fingerprint density at radius 3 is 2.81 bits per heavy atom. The lowest BCUT2D eigenvalue weighted by Crippen LogP contribution is -2.22. The molecule has 3 nitrogen and oxygen atoms in total. The van der Waals surface area contributed by atoms with Crippen LogP contribution in [0.5, 0.6) is 0 Å². The van der Waals surface area contributed by atoms with Gasteiger partial charge < -0.3 is 0 Å². The lowest BCUT2D eigenvalue weighted by molar-refractivity contribution is 0.634. The highest BCUT2D eigenvalue weighted by Gasteiger charge is 2.02. The van der Waals surface area contributed by atoms with Gasteiger partial charge in [0.1, 0.15) is 0 Å². The number of rotatable bonds is 2. The van der Waals surface area contributed by atoms with Gasteiger partial charge in [-0.15, -0.1) is 0 Å². The quantitative estimate of drug-likeness (QED) is 0.845. The van der Waals surface area contributed by atoms with E-state index in [0.29, 0.717) is 6.54 Å². The molecule has 0 aliphatic rings. The Morgan fingerprint density at radius 2 is 2.12 bits per heavy atom. The Kier molecular flexibility index (Phi) is 3.19. The first-order chi connectivity index (χ1) is 7.66. The molecule has 0 amide bonds. The van der Waals surface area contributed by atoms with Crippen LogP contribution in [-0.4, -0.2) is 9.78 Å². The van der Waals surface area contributed by atoms with Crippen molar-refractivity contribution in [2.75, 3.05) is 0 Å². The second-order valence-corrected chi connectivity index (χ2v) is 4.47. The van der Waals surface area contributed by atoms with Crippen molar-refractivity contribution in [3.05, 3.63) is 62.5 Å². The van der Waals surface area contributed by atoms with E-state index in [2.05, 4.69) is 21.0 Å². The van der Waals surface area contributed by atoms with Gasteiger partial charge in [-0.05, 0) is 24.1 Å². The minimum absolute atomic E-state index is 0.0734. The molecule has 0 radical (unpaired) electrons. The highest BCUT2D eigenvalue weighted by atomic mass is 79.9. The Morgan fingerprint density at radius 1 is 1.38 bits per heavy atom. The van der Waals surface area contributed by atoms with Crippen LogP contribution in [0.4, 0.5) is 0 Å². The van der Waals surface area contributed by atoms with Gasteiger partial charge in [0.25, 0.3) is 5.56 Å². The summed E-state index contributed by atoms with van der Waals surface area (Å²) in [6.07, 6.45) is 1.69. The fourth-order valence-corrected chi connectivity index (χ4v) is 1.84. The molecule has 82 valence electrons. The van der Waals surface area contributed by atoms with Crippen LogP contribution in [-0.2, 0) is 6.54 Å². The SMILES string of the molecule is Cc1cnn(Cc2ccccc2Br)c(=O)c1. The van der Waals surface area contributed by atoms with Gasteiger partial charge in [0.05, 0.1) is 12.7 Å². The van der Waals surface area contributed by atoms with Gasteiger partial charge in [-0.3, -0.25) is 4.79 Å². The predicted octanol–water partition coefficient (Wildman–Crippen LogP) is 2.36. The van der Waals surface area contributed by atoms with Crippen LogP contribution >= 0.6 is 15.9 Å². The highest BCUT2D eigenvalue weighted by Crippen LogP contribution is 2.15. The van der Waals surface area contributed by atoms with Crippen LogP contribution < -0.4 is 5.56 Å². The van der Waals surface area contributed by atoms with Gasteiger partial charge in [-0.1, -0.05) is 34.1 Å². The lowest BCUT2D eigenvalue weighted by atomic mass is 10.2. The molecular formula is C12H11BrN2O. The van der Waals surface area contributed by atoms with E-state index in [1.54, 1.807) is 12.3 Å². The maximum atomic E-state index is 11.6. The van der Waals surface area contributed by atoms with E-state index in [9.17, 15) is 4.79 Å². The Balaban J connectivity index is 2.35. The zero-order valence-corrected chi connectivity index (χ0v) is 10.4. The topological polar surface area (TPSA) is 34.9 Å². The van der Waals surface area contributed by atoms with Crippen molar-refractivity contribution >= 4 is 15.9 Å². The molecule has 0 unspecified atom stereocenters. The maximum absolute atomic E-state index is 11.6. The summed E-state index contributed by atoms with van der Waals surface area (Å²) >= 11 is 3.45. The van der Waals surface area contributed by atoms with Gasteiger partial charge in [-0.2, -0.15) is 5.10 Å². The molecule has 0 saturated heterocycles. The Hall–Kier alpha value is -1.42. The van der Waals surface area contributed by atoms with E-state index in [1.807, 2.05) is 31.2 Å². The van der Waals surface area contributed by atoms with Crippen molar-refractivity contribution in [1.29, 1.82) is 0 Å². The fourth-order valence-electron chi connectivity index (χ4n) is 1.43. The summed E-state index contributed by atoms with van der Waals surface area (Å²) in [5.74, 6) is 0. The van der Waals surface area contributed by atoms with E-state index in [1.165, 1.54) is 4.68 Å². The first-order valence-electron chi connectivity index (χ1n) is 4.94. The van der Waals surface area contributed by atoms with Crippen molar-refractivity contribution < 1.29 is 0 Å². The number of hydrogen-bond donors (Lipinski definition) is 0. The third kappa shape index (κ3) is 2.39. The first-order valence-corrected chi connectivity index (χ1v) is 5.73. The van der Waals surface area contributed by atoms with Crippen LogP contribution in [0.2, 0.25) is 0 Å². The smallest absolute Gasteiger partial charge is 0.267 e. The zero-order chi connectivity index (χ0) is 11.5. The molecule has 2 rings (SSSR count). The summed E-state index contributed by atoms with van der Waals surface area (Å²) in [7, 11) is 0. The van der Waals surface area contributed by atoms with E-state index < -0.39 is 0 Å². The molecule has 4 heteroatoms. The molecule has 1 aromatic heterocycles. The van der Waals surface area contributed by atoms with E-state index >= 15 is 0 Å². The molecule has 0 fully saturated rings. The van der Waals surface area contributed by atoms with Crippen LogP contribution in [0.3, 0.4) is 0 Å². The predicted molar refractivity (Wildman–Crippen MR) is 66.5 cm³/mol. The zero-order valence-electron chi connectivity index (χ0n) is 8.85. The van der Waals surface area contributed by atoms with Crippen molar-refractivity contribution in [1.82, 2.24) is 9.78 Å². The first kappa shape index (κ1) is 11.1. The molecule has 0 spiro atoms. The third-order valence-corrected chi connectivity index (χ3v) is 3.06. The number of aromatic nitrogens is 2. The number of nitrogens with zero attached hydrogens (tertiary/aromatic N) is 2. The standard InChI is InChI=1S/C12H11BrN2O/c1-9-6-12(16)15(14-7-9)8-10-4-2-3-5-11(10)13/h2-7H,8H2,1H3. The van der Waals surface area contributed by atoms with E-state index in [4.69, 9.17) is 0 Å². The molecule has 0 bridgehead atoms. The highest BCUT2D eigenvalue weighted by molar-refractivity contribution is 9.10. The van der Waals surface area contributed by atoms with Crippen molar-refractivity contribution in [2.45, 2.75) is 13.5 Å². The maximum Gasteiger partial charge on any atom is 0.267 e. The summed E-state index contributed by atoms with van der Waals surface area (Å²) in [4.78, 5) is 11.6. The minimum atomic E-state index is -0.0734. The van der Waals surface area contributed by atoms with Crippen molar-refractivity contribution in [2.24, 2.45) is 0 Å². The second kappa shape index (κ2) is 4.61. The molecule has 0 aliphatic heterocycles. The summed E-state index contributed by atoms with van der Waals surface area (Å²) in [6.45, 7) is 2.34. The molecule has 16 heavy (non-hydrogen) atoms. The normalized spacial score (nSPS) is 10.4. The molecular weight excluding hydrogens is 268 g/mol. The minimum Gasteiger partial charge on any atom is -0.268 e. The lowest BCUT2D eigenvalue weighted by Gasteiger charge is -2.06. The number of halogens is 1. The van der Waals surface area contributed by atoms with Crippen LogP contribution in [0.15, 0.2) is 45.8 Å². The summed E-state index contributed by atoms with van der Waals surface area (Å²) in [5, 5.41) is 4.10. The van der Waals surface area contributed by atoms with Crippen LogP contribution in [0, 0.1) is 6.92 Å². The van der Waals surface area contributed by atoms with E-state index in [-0.39, 0.29) is 5.56 Å². The molecule has 0 atom stereocenters. The summed E-state index contributed by atoms with van der Waals surface area (Å²) < 4.78 is 2.44. The molecule has 0 aliphatic carbocycles. The van der Waals surface area contributed by atoms with Gasteiger partial charge in [-0.25, -0.2) is 4.68 Å². The van der Waals surface area contributed by atoms with Crippen molar-refractivity contribution in [3.8, 4) is 0 Å². The fraction of sp³-hybridized carbons (Fsp3) is 0.167. The molecule has 0 saturated carbocycles. The molecule has 2 aromatic rings. The van der Waals surface area contributed by atoms with Gasteiger partial charge in [0, 0.05) is 10.5 Å². The number of hydrogen-bond acceptors (Lipinski definition) is 2.